The monoisotopic (exact) mass is 103 g/mol. The first kappa shape index (κ1) is 16.4. The molecule has 0 amide bonds. The Bertz CT molecular complexity index is 64.0. The van der Waals surface area contributed by atoms with Crippen LogP contribution in [0.1, 0.15) is 0 Å². The van der Waals surface area contributed by atoms with Crippen LogP contribution in [0.4, 0.5) is 4.70 Å². The predicted molar refractivity (Wildman–Crippen MR) is 26.1 cm³/mol. The van der Waals surface area contributed by atoms with E-state index in [2.05, 4.69) is 6.58 Å². The second-order valence-electron chi connectivity index (χ2n) is 0.542. The highest BCUT2D eigenvalue weighted by Crippen LogP contribution is 1.54. The zero-order valence-electron chi connectivity index (χ0n) is 3.63. The van der Waals surface area contributed by atoms with Crippen LogP contribution < -0.4 is 0 Å². The third kappa shape index (κ3) is 36.8. The first-order valence-electron chi connectivity index (χ1n) is 1.12. The summed E-state index contributed by atoms with van der Waals surface area (Å²) in [4.78, 5) is 9.25. The van der Waals surface area contributed by atoms with Gasteiger partial charge in [-0.25, -0.2) is 4.79 Å². The average molecular weight is 103 g/mol. The smallest absolute Gasteiger partial charge is 0.327 e. The Morgan fingerprint density at radius 3 is 1.86 bits per heavy atom. The van der Waals surface area contributed by atoms with Crippen LogP contribution in [0, 0.1) is 0 Å². The maximum atomic E-state index is 9.25. The Hall–Kier alpha value is -0.795. The summed E-state index contributed by atoms with van der Waals surface area (Å²) in [5.41, 5.74) is 0. The van der Waals surface area contributed by atoms with Crippen molar-refractivity contribution in [1.82, 2.24) is 0 Å². The van der Waals surface area contributed by atoms with Gasteiger partial charge in [0, 0.05) is 14.5 Å². The summed E-state index contributed by atoms with van der Waals surface area (Å²) in [6.07, 6.45) is 0.833. The molecule has 0 aromatic heterocycles. The van der Waals surface area contributed by atoms with Crippen LogP contribution in [-0.4, -0.2) is 19.5 Å². The van der Waals surface area contributed by atoms with E-state index in [1.165, 1.54) is 0 Å². The van der Waals surface area contributed by atoms with Crippen molar-refractivity contribution >= 4 is 14.4 Å². The van der Waals surface area contributed by atoms with Crippen molar-refractivity contribution in [3.63, 3.8) is 0 Å². The highest BCUT2D eigenvalue weighted by molar-refractivity contribution is 5.78. The number of hydrogen-bond acceptors (Lipinski definition) is 1. The van der Waals surface area contributed by atoms with Gasteiger partial charge in [-0.15, -0.1) is 0 Å². The van der Waals surface area contributed by atoms with E-state index in [9.17, 15) is 4.79 Å². The quantitative estimate of drug-likeness (QED) is 0.375. The second kappa shape index (κ2) is 8.96. The molecule has 0 aromatic rings. The number of carbonyl (C=O) groups is 1. The van der Waals surface area contributed by atoms with Crippen molar-refractivity contribution < 1.29 is 14.6 Å². The molecule has 3 radical (unpaired) electrons. The molecule has 0 aliphatic heterocycles. The Morgan fingerprint density at radius 2 is 1.86 bits per heavy atom. The fourth-order valence-electron chi connectivity index (χ4n) is 0. The molecule has 39 valence electrons. The van der Waals surface area contributed by atoms with E-state index < -0.39 is 5.97 Å². The zero-order valence-corrected chi connectivity index (χ0v) is 3.63. The van der Waals surface area contributed by atoms with E-state index in [4.69, 9.17) is 5.11 Å². The molecule has 1 N–H and O–H groups in total. The summed E-state index contributed by atoms with van der Waals surface area (Å²) in [5.74, 6) is -0.981. The van der Waals surface area contributed by atoms with Gasteiger partial charge < -0.3 is 5.11 Å². The molecule has 0 aliphatic carbocycles. The molecule has 0 unspecified atom stereocenters. The molecule has 0 saturated carbocycles. The maximum absolute atomic E-state index is 9.25. The zero-order chi connectivity index (χ0) is 4.28. The summed E-state index contributed by atoms with van der Waals surface area (Å²) in [5, 5.41) is 7.60. The highest BCUT2D eigenvalue weighted by atomic mass is 19.0. The normalized spacial score (nSPS) is 4.57. The topological polar surface area (TPSA) is 37.3 Å². The molecule has 0 saturated heterocycles. The Labute approximate surface area is 42.8 Å². The van der Waals surface area contributed by atoms with Crippen molar-refractivity contribution in [2.24, 2.45) is 0 Å². The lowest BCUT2D eigenvalue weighted by Gasteiger charge is -1.64. The van der Waals surface area contributed by atoms with Crippen LogP contribution in [0.15, 0.2) is 12.7 Å². The first-order chi connectivity index (χ1) is 2.27. The van der Waals surface area contributed by atoms with Gasteiger partial charge >= 0.3 is 5.97 Å². The van der Waals surface area contributed by atoms with Crippen molar-refractivity contribution in [3.05, 3.63) is 12.7 Å². The standard InChI is InChI=1S/C3H4O2.B.FH/c1-2-3(4)5;;/h2H,1H2,(H,4,5);;1H. The lowest BCUT2D eigenvalue weighted by atomic mass is 10.7. The summed E-state index contributed by atoms with van der Waals surface area (Å²) >= 11 is 0. The number of carboxylic acid groups (broad SMARTS) is 1. The van der Waals surface area contributed by atoms with Crippen molar-refractivity contribution in [2.75, 3.05) is 0 Å². The molecule has 0 heterocycles. The number of aliphatic carboxylic acids is 1. The van der Waals surface area contributed by atoms with Gasteiger partial charge in [0.1, 0.15) is 0 Å². The largest absolute Gasteiger partial charge is 0.478 e. The molecular weight excluding hydrogens is 97.8 g/mol. The van der Waals surface area contributed by atoms with Crippen LogP contribution in [0.3, 0.4) is 0 Å². The molecular formula is C3H5BFO2. The minimum atomic E-state index is -0.981. The average Bonchev–Trinajstić information content (AvgIpc) is 1.38. The summed E-state index contributed by atoms with van der Waals surface area (Å²) < 4.78 is 0. The van der Waals surface area contributed by atoms with Gasteiger partial charge in [-0.1, -0.05) is 6.58 Å². The SMILES string of the molecule is C=CC(=O)O.F.[B]. The second-order valence-corrected chi connectivity index (χ2v) is 0.542. The van der Waals surface area contributed by atoms with Crippen LogP contribution in [0.5, 0.6) is 0 Å². The van der Waals surface area contributed by atoms with Crippen molar-refractivity contribution in [1.29, 1.82) is 0 Å². The lowest BCUT2D eigenvalue weighted by molar-refractivity contribution is -0.131. The highest BCUT2D eigenvalue weighted by Gasteiger charge is 1.73. The number of rotatable bonds is 1. The third-order valence-electron chi connectivity index (χ3n) is 0.175. The third-order valence-corrected chi connectivity index (χ3v) is 0.175. The molecule has 0 fully saturated rings. The molecule has 4 heteroatoms. The van der Waals surface area contributed by atoms with Crippen LogP contribution in [0.25, 0.3) is 0 Å². The first-order valence-corrected chi connectivity index (χ1v) is 1.12. The molecule has 7 heavy (non-hydrogen) atoms. The molecule has 2 nitrogen and oxygen atoms in total. The molecule has 0 aromatic carbocycles. The van der Waals surface area contributed by atoms with Crippen LogP contribution >= 0.6 is 0 Å². The molecule has 0 bridgehead atoms. The molecule has 0 spiro atoms. The fourth-order valence-corrected chi connectivity index (χ4v) is 0. The van der Waals surface area contributed by atoms with Gasteiger partial charge in [-0.2, -0.15) is 0 Å². The number of carboxylic acids is 1. The van der Waals surface area contributed by atoms with E-state index in [0.29, 0.717) is 0 Å². The Morgan fingerprint density at radius 1 is 1.71 bits per heavy atom. The summed E-state index contributed by atoms with van der Waals surface area (Å²) in [6.45, 7) is 2.96. The van der Waals surface area contributed by atoms with Gasteiger partial charge in [0.05, 0.1) is 0 Å². The number of halogens is 1. The van der Waals surface area contributed by atoms with E-state index in [0.717, 1.165) is 6.08 Å². The van der Waals surface area contributed by atoms with Gasteiger partial charge in [0.2, 0.25) is 0 Å². The Balaban J connectivity index is -0.0000000800. The molecule has 0 atom stereocenters. The van der Waals surface area contributed by atoms with Gasteiger partial charge in [0.15, 0.2) is 0 Å². The lowest BCUT2D eigenvalue weighted by Crippen LogP contribution is -1.82. The molecule has 0 rings (SSSR count). The summed E-state index contributed by atoms with van der Waals surface area (Å²) in [6, 6.07) is 0. The minimum absolute atomic E-state index is 0. The van der Waals surface area contributed by atoms with E-state index in [-0.39, 0.29) is 13.1 Å². The minimum Gasteiger partial charge on any atom is -0.478 e. The van der Waals surface area contributed by atoms with Crippen LogP contribution in [-0.2, 0) is 4.79 Å². The van der Waals surface area contributed by atoms with Crippen molar-refractivity contribution in [3.8, 4) is 0 Å². The predicted octanol–water partition coefficient (Wildman–Crippen LogP) is 0.0287. The fraction of sp³-hybridized carbons (Fsp3) is 0. The van der Waals surface area contributed by atoms with E-state index >= 15 is 0 Å². The van der Waals surface area contributed by atoms with Gasteiger partial charge in [-0.3, -0.25) is 4.70 Å². The van der Waals surface area contributed by atoms with E-state index in [1.807, 2.05) is 0 Å². The maximum Gasteiger partial charge on any atom is 0.327 e. The Kier molecular flexibility index (Phi) is 20.9. The summed E-state index contributed by atoms with van der Waals surface area (Å²) in [7, 11) is 0. The van der Waals surface area contributed by atoms with Crippen molar-refractivity contribution in [2.45, 2.75) is 0 Å². The van der Waals surface area contributed by atoms with Crippen LogP contribution in [0.2, 0.25) is 0 Å². The van der Waals surface area contributed by atoms with Gasteiger partial charge in [0.25, 0.3) is 0 Å². The molecule has 0 aliphatic rings. The van der Waals surface area contributed by atoms with E-state index in [1.54, 1.807) is 0 Å². The number of hydrogen-bond donors (Lipinski definition) is 1. The van der Waals surface area contributed by atoms with Gasteiger partial charge in [-0.05, 0) is 0 Å².